The molecule has 2 fully saturated rings. The fourth-order valence-electron chi connectivity index (χ4n) is 2.10. The van der Waals surface area contributed by atoms with Gasteiger partial charge in [-0.2, -0.15) is 0 Å². The summed E-state index contributed by atoms with van der Waals surface area (Å²) in [5.41, 5.74) is 0. The van der Waals surface area contributed by atoms with Crippen LogP contribution in [0.5, 0.6) is 0 Å². The smallest absolute Gasteiger partial charge is 0.163 e. The van der Waals surface area contributed by atoms with Gasteiger partial charge in [0.05, 0.1) is 12.2 Å². The highest BCUT2D eigenvalue weighted by molar-refractivity contribution is 4.94. The Morgan fingerprint density at radius 3 is 2.54 bits per heavy atom. The van der Waals surface area contributed by atoms with E-state index in [1.54, 1.807) is 0 Å². The molecule has 4 atom stereocenters. The highest BCUT2D eigenvalue weighted by Crippen LogP contribution is 2.36. The van der Waals surface area contributed by atoms with E-state index in [4.69, 9.17) is 9.47 Å². The van der Waals surface area contributed by atoms with Crippen LogP contribution in [0.15, 0.2) is 0 Å². The molecule has 2 aliphatic rings. The van der Waals surface area contributed by atoms with Crippen LogP contribution in [0, 0.1) is 0 Å². The van der Waals surface area contributed by atoms with Crippen LogP contribution in [0.1, 0.15) is 26.7 Å². The SMILES string of the molecule is CC1(C)OC2CCC(O)[C@@H](O)C2O1. The van der Waals surface area contributed by atoms with Gasteiger partial charge in [0.25, 0.3) is 0 Å². The summed E-state index contributed by atoms with van der Waals surface area (Å²) >= 11 is 0. The van der Waals surface area contributed by atoms with Crippen molar-refractivity contribution in [3.63, 3.8) is 0 Å². The molecule has 0 spiro atoms. The van der Waals surface area contributed by atoms with Crippen LogP contribution >= 0.6 is 0 Å². The zero-order valence-electron chi connectivity index (χ0n) is 7.93. The minimum absolute atomic E-state index is 0.0617. The molecule has 1 heterocycles. The third-order valence-electron chi connectivity index (χ3n) is 2.70. The lowest BCUT2D eigenvalue weighted by Gasteiger charge is -2.31. The van der Waals surface area contributed by atoms with Crippen molar-refractivity contribution < 1.29 is 19.7 Å². The van der Waals surface area contributed by atoms with E-state index in [2.05, 4.69) is 0 Å². The number of ether oxygens (including phenoxy) is 2. The van der Waals surface area contributed by atoms with Gasteiger partial charge < -0.3 is 19.7 Å². The van der Waals surface area contributed by atoms with Gasteiger partial charge in [-0.1, -0.05) is 0 Å². The molecule has 13 heavy (non-hydrogen) atoms. The van der Waals surface area contributed by atoms with Crippen molar-refractivity contribution in [1.82, 2.24) is 0 Å². The first-order valence-corrected chi connectivity index (χ1v) is 4.71. The minimum atomic E-state index is -0.805. The van der Waals surface area contributed by atoms with E-state index in [0.29, 0.717) is 6.42 Å². The Morgan fingerprint density at radius 1 is 1.15 bits per heavy atom. The topological polar surface area (TPSA) is 58.9 Å². The van der Waals surface area contributed by atoms with Gasteiger partial charge in [-0.15, -0.1) is 0 Å². The fourth-order valence-corrected chi connectivity index (χ4v) is 2.10. The van der Waals surface area contributed by atoms with Gasteiger partial charge in [-0.05, 0) is 26.7 Å². The molecule has 1 saturated heterocycles. The molecule has 4 heteroatoms. The zero-order chi connectivity index (χ0) is 9.64. The van der Waals surface area contributed by atoms with Gasteiger partial charge >= 0.3 is 0 Å². The maximum atomic E-state index is 9.63. The molecule has 0 aromatic rings. The van der Waals surface area contributed by atoms with Crippen LogP contribution in [0.25, 0.3) is 0 Å². The van der Waals surface area contributed by atoms with E-state index in [1.165, 1.54) is 0 Å². The van der Waals surface area contributed by atoms with E-state index in [-0.39, 0.29) is 12.2 Å². The predicted octanol–water partition coefficient (Wildman–Crippen LogP) is 0.0221. The largest absolute Gasteiger partial charge is 0.390 e. The Hall–Kier alpha value is -0.160. The van der Waals surface area contributed by atoms with Crippen molar-refractivity contribution in [1.29, 1.82) is 0 Å². The molecule has 0 amide bonds. The quantitative estimate of drug-likeness (QED) is 0.562. The summed E-state index contributed by atoms with van der Waals surface area (Å²) in [5.74, 6) is -0.625. The van der Waals surface area contributed by atoms with E-state index in [0.717, 1.165) is 6.42 Å². The van der Waals surface area contributed by atoms with Crippen LogP contribution in [0.2, 0.25) is 0 Å². The maximum Gasteiger partial charge on any atom is 0.163 e. The first-order chi connectivity index (χ1) is 5.99. The molecule has 2 rings (SSSR count). The van der Waals surface area contributed by atoms with Crippen LogP contribution in [-0.4, -0.2) is 40.4 Å². The van der Waals surface area contributed by atoms with Gasteiger partial charge in [-0.25, -0.2) is 0 Å². The van der Waals surface area contributed by atoms with Crippen LogP contribution in [0.3, 0.4) is 0 Å². The van der Waals surface area contributed by atoms with Crippen LogP contribution in [-0.2, 0) is 9.47 Å². The van der Waals surface area contributed by atoms with Crippen molar-refractivity contribution in [3.05, 3.63) is 0 Å². The second-order valence-electron chi connectivity index (χ2n) is 4.27. The number of aliphatic hydroxyl groups excluding tert-OH is 2. The summed E-state index contributed by atoms with van der Waals surface area (Å²) in [6.07, 6.45) is -0.555. The highest BCUT2D eigenvalue weighted by atomic mass is 16.8. The van der Waals surface area contributed by atoms with Crippen molar-refractivity contribution in [3.8, 4) is 0 Å². The number of fused-ring (bicyclic) bond motifs is 1. The Balaban J connectivity index is 2.11. The third-order valence-corrected chi connectivity index (χ3v) is 2.70. The summed E-state index contributed by atoms with van der Waals surface area (Å²) in [6, 6.07) is 0. The Kier molecular flexibility index (Phi) is 2.11. The number of rotatable bonds is 0. The Bertz CT molecular complexity index is 204. The molecular weight excluding hydrogens is 172 g/mol. The van der Waals surface area contributed by atoms with Crippen molar-refractivity contribution in [2.24, 2.45) is 0 Å². The second kappa shape index (κ2) is 2.92. The first kappa shape index (κ1) is 9.40. The lowest BCUT2D eigenvalue weighted by atomic mass is 9.90. The van der Waals surface area contributed by atoms with Crippen LogP contribution in [0.4, 0.5) is 0 Å². The van der Waals surface area contributed by atoms with Gasteiger partial charge in [0.2, 0.25) is 0 Å². The Morgan fingerprint density at radius 2 is 1.85 bits per heavy atom. The van der Waals surface area contributed by atoms with Gasteiger partial charge in [0, 0.05) is 0 Å². The molecule has 0 aromatic heterocycles. The monoisotopic (exact) mass is 188 g/mol. The molecular formula is C9H16O4. The average molecular weight is 188 g/mol. The van der Waals surface area contributed by atoms with E-state index in [9.17, 15) is 10.2 Å². The summed E-state index contributed by atoms with van der Waals surface area (Å²) in [7, 11) is 0. The zero-order valence-corrected chi connectivity index (χ0v) is 7.93. The predicted molar refractivity (Wildman–Crippen MR) is 45.1 cm³/mol. The maximum absolute atomic E-state index is 9.63. The fraction of sp³-hybridized carbons (Fsp3) is 1.00. The van der Waals surface area contributed by atoms with Gasteiger partial charge in [-0.3, -0.25) is 0 Å². The molecule has 0 radical (unpaired) electrons. The first-order valence-electron chi connectivity index (χ1n) is 4.71. The molecule has 3 unspecified atom stereocenters. The van der Waals surface area contributed by atoms with Crippen LogP contribution < -0.4 is 0 Å². The Labute approximate surface area is 77.5 Å². The van der Waals surface area contributed by atoms with Crippen molar-refractivity contribution >= 4 is 0 Å². The van der Waals surface area contributed by atoms with Gasteiger partial charge in [0.15, 0.2) is 5.79 Å². The average Bonchev–Trinajstić information content (AvgIpc) is 2.34. The molecule has 4 nitrogen and oxygen atoms in total. The number of hydrogen-bond donors (Lipinski definition) is 2. The van der Waals surface area contributed by atoms with E-state index >= 15 is 0 Å². The molecule has 2 N–H and O–H groups in total. The summed E-state index contributed by atoms with van der Waals surface area (Å²) in [5, 5.41) is 19.0. The number of hydrogen-bond acceptors (Lipinski definition) is 4. The molecule has 1 aliphatic carbocycles. The highest BCUT2D eigenvalue weighted by Gasteiger charge is 2.49. The molecule has 1 aliphatic heterocycles. The molecule has 0 bridgehead atoms. The van der Waals surface area contributed by atoms with Gasteiger partial charge in [0.1, 0.15) is 12.2 Å². The standard InChI is InChI=1S/C9H16O4/c1-9(2)12-6-4-3-5(10)7(11)8(6)13-9/h5-8,10-11H,3-4H2,1-2H3/t5?,6?,7-,8?/m1/s1. The second-order valence-corrected chi connectivity index (χ2v) is 4.27. The summed E-state index contributed by atoms with van der Waals surface area (Å²) in [4.78, 5) is 0. The molecule has 1 saturated carbocycles. The third kappa shape index (κ3) is 1.59. The normalized spacial score (nSPS) is 48.9. The molecule has 0 aromatic carbocycles. The van der Waals surface area contributed by atoms with E-state index < -0.39 is 18.0 Å². The van der Waals surface area contributed by atoms with E-state index in [1.807, 2.05) is 13.8 Å². The number of aliphatic hydroxyl groups is 2. The van der Waals surface area contributed by atoms with Crippen molar-refractivity contribution in [2.75, 3.05) is 0 Å². The minimum Gasteiger partial charge on any atom is -0.390 e. The lowest BCUT2D eigenvalue weighted by Crippen LogP contribution is -2.47. The summed E-state index contributed by atoms with van der Waals surface area (Å²) in [6.45, 7) is 3.65. The lowest BCUT2D eigenvalue weighted by molar-refractivity contribution is -0.159. The van der Waals surface area contributed by atoms with Crippen molar-refractivity contribution in [2.45, 2.75) is 56.9 Å². The molecule has 76 valence electrons. The summed E-state index contributed by atoms with van der Waals surface area (Å²) < 4.78 is 11.1.